The van der Waals surface area contributed by atoms with E-state index in [1.807, 2.05) is 0 Å². The van der Waals surface area contributed by atoms with Gasteiger partial charge in [0.25, 0.3) is 5.91 Å². The summed E-state index contributed by atoms with van der Waals surface area (Å²) in [6, 6.07) is 5.50. The lowest BCUT2D eigenvalue weighted by Crippen LogP contribution is -2.33. The van der Waals surface area contributed by atoms with Gasteiger partial charge in [-0.15, -0.1) is 0 Å². The summed E-state index contributed by atoms with van der Waals surface area (Å²) < 4.78 is 0. The van der Waals surface area contributed by atoms with Crippen molar-refractivity contribution in [3.8, 4) is 5.75 Å². The summed E-state index contributed by atoms with van der Waals surface area (Å²) in [5.74, 6) is -0.168. The number of nitrogens with one attached hydrogen (secondary N) is 1. The summed E-state index contributed by atoms with van der Waals surface area (Å²) in [7, 11) is 0. The molecular weight excluding hydrogens is 280 g/mol. The molecule has 1 aliphatic rings. The minimum atomic E-state index is -0.226. The zero-order valence-corrected chi connectivity index (χ0v) is 13.2. The second kappa shape index (κ2) is 8.15. The molecule has 1 amide bonds. The van der Waals surface area contributed by atoms with Crippen molar-refractivity contribution < 1.29 is 15.0 Å². The van der Waals surface area contributed by atoms with Gasteiger partial charge in [-0.05, 0) is 57.3 Å². The summed E-state index contributed by atoms with van der Waals surface area (Å²) >= 11 is 0. The van der Waals surface area contributed by atoms with Crippen LogP contribution in [0.2, 0.25) is 0 Å². The first-order valence-electron chi connectivity index (χ1n) is 8.05. The van der Waals surface area contributed by atoms with Crippen LogP contribution in [0.4, 0.5) is 0 Å². The highest BCUT2D eigenvalue weighted by Gasteiger charge is 2.22. The number of unbranched alkanes of at least 4 members (excludes halogenated alkanes) is 1. The van der Waals surface area contributed by atoms with Gasteiger partial charge in [0.2, 0.25) is 0 Å². The molecule has 1 fully saturated rings. The quantitative estimate of drug-likeness (QED) is 0.670. The van der Waals surface area contributed by atoms with Crippen molar-refractivity contribution in [2.24, 2.45) is 0 Å². The monoisotopic (exact) mass is 306 g/mol. The number of carbonyl (C=O) groups is 1. The zero-order valence-electron chi connectivity index (χ0n) is 13.2. The molecule has 0 radical (unpaired) electrons. The van der Waals surface area contributed by atoms with Crippen molar-refractivity contribution in [3.63, 3.8) is 0 Å². The van der Waals surface area contributed by atoms with Crippen LogP contribution < -0.4 is 5.32 Å². The summed E-state index contributed by atoms with van der Waals surface area (Å²) in [6.45, 7) is 4.65. The van der Waals surface area contributed by atoms with Crippen LogP contribution in [-0.2, 0) is 0 Å². The Morgan fingerprint density at radius 1 is 1.41 bits per heavy atom. The fraction of sp³-hybridized carbons (Fsp3) is 0.588. The summed E-state index contributed by atoms with van der Waals surface area (Å²) in [6.07, 6.45) is 4.14. The zero-order chi connectivity index (χ0) is 15.9. The van der Waals surface area contributed by atoms with Gasteiger partial charge in [0.1, 0.15) is 5.75 Å². The number of para-hydroxylation sites is 1. The topological polar surface area (TPSA) is 72.8 Å². The van der Waals surface area contributed by atoms with E-state index in [4.69, 9.17) is 0 Å². The minimum Gasteiger partial charge on any atom is -0.507 e. The molecule has 0 bridgehead atoms. The molecule has 1 saturated heterocycles. The van der Waals surface area contributed by atoms with Crippen LogP contribution in [0.15, 0.2) is 18.2 Å². The van der Waals surface area contributed by atoms with Crippen molar-refractivity contribution in [2.45, 2.75) is 38.6 Å². The summed E-state index contributed by atoms with van der Waals surface area (Å²) in [5, 5.41) is 22.0. The molecule has 0 saturated carbocycles. The normalized spacial score (nSPS) is 18.5. The molecule has 1 unspecified atom stereocenters. The number of aliphatic hydroxyl groups excluding tert-OH is 1. The first-order chi connectivity index (χ1) is 10.6. The molecule has 3 N–H and O–H groups in total. The van der Waals surface area contributed by atoms with E-state index in [1.165, 1.54) is 0 Å². The predicted octanol–water partition coefficient (Wildman–Crippen LogP) is 1.67. The number of amides is 1. The van der Waals surface area contributed by atoms with Crippen LogP contribution >= 0.6 is 0 Å². The first-order valence-corrected chi connectivity index (χ1v) is 8.05. The van der Waals surface area contributed by atoms with E-state index in [0.717, 1.165) is 38.8 Å². The van der Waals surface area contributed by atoms with E-state index >= 15 is 0 Å². The number of aryl methyl sites for hydroxylation is 1. The lowest BCUT2D eigenvalue weighted by molar-refractivity contribution is 0.0949. The van der Waals surface area contributed by atoms with Gasteiger partial charge < -0.3 is 15.5 Å². The van der Waals surface area contributed by atoms with Gasteiger partial charge >= 0.3 is 0 Å². The highest BCUT2D eigenvalue weighted by atomic mass is 16.3. The van der Waals surface area contributed by atoms with Crippen LogP contribution in [0.5, 0.6) is 5.75 Å². The standard InChI is InChI=1S/C17H26N2O3/c1-13-6-4-8-15(16(13)21)17(22)18-9-2-3-10-19-11-5-7-14(19)12-20/h4,6,8,14,20-21H,2-3,5,7,9-12H2,1H3,(H,18,22). The van der Waals surface area contributed by atoms with Gasteiger partial charge in [-0.25, -0.2) is 0 Å². The highest BCUT2D eigenvalue weighted by molar-refractivity contribution is 5.97. The Balaban J connectivity index is 1.68. The van der Waals surface area contributed by atoms with E-state index in [-0.39, 0.29) is 18.3 Å². The number of benzene rings is 1. The van der Waals surface area contributed by atoms with Crippen LogP contribution in [0.3, 0.4) is 0 Å². The number of phenolic OH excluding ortho intramolecular Hbond substituents is 1. The number of rotatable bonds is 7. The molecule has 0 aliphatic carbocycles. The Bertz CT molecular complexity index is 505. The average molecular weight is 306 g/mol. The van der Waals surface area contributed by atoms with E-state index in [9.17, 15) is 15.0 Å². The second-order valence-corrected chi connectivity index (χ2v) is 5.95. The SMILES string of the molecule is Cc1cccc(C(=O)NCCCCN2CCCC2CO)c1O. The van der Waals surface area contributed by atoms with Crippen molar-refractivity contribution in [2.75, 3.05) is 26.2 Å². The molecular formula is C17H26N2O3. The maximum atomic E-state index is 12.0. The highest BCUT2D eigenvalue weighted by Crippen LogP contribution is 2.21. The molecule has 5 heteroatoms. The Labute approximate surface area is 131 Å². The Hall–Kier alpha value is -1.59. The van der Waals surface area contributed by atoms with E-state index in [1.54, 1.807) is 25.1 Å². The van der Waals surface area contributed by atoms with Gasteiger partial charge in [-0.1, -0.05) is 12.1 Å². The minimum absolute atomic E-state index is 0.0582. The van der Waals surface area contributed by atoms with Crippen molar-refractivity contribution in [1.82, 2.24) is 10.2 Å². The number of aromatic hydroxyl groups is 1. The van der Waals surface area contributed by atoms with Gasteiger partial charge in [-0.2, -0.15) is 0 Å². The number of phenols is 1. The molecule has 1 aromatic carbocycles. The third-order valence-electron chi connectivity index (χ3n) is 4.35. The molecule has 1 atom stereocenters. The van der Waals surface area contributed by atoms with E-state index in [2.05, 4.69) is 10.2 Å². The number of aliphatic hydroxyl groups is 1. The first kappa shape index (κ1) is 16.8. The molecule has 5 nitrogen and oxygen atoms in total. The molecule has 122 valence electrons. The Kier molecular flexibility index (Phi) is 6.21. The van der Waals surface area contributed by atoms with Crippen LogP contribution in [0, 0.1) is 6.92 Å². The maximum Gasteiger partial charge on any atom is 0.255 e. The Morgan fingerprint density at radius 2 is 2.23 bits per heavy atom. The summed E-state index contributed by atoms with van der Waals surface area (Å²) in [4.78, 5) is 14.3. The maximum absolute atomic E-state index is 12.0. The predicted molar refractivity (Wildman–Crippen MR) is 86.1 cm³/mol. The largest absolute Gasteiger partial charge is 0.507 e. The number of carbonyl (C=O) groups excluding carboxylic acids is 1. The smallest absolute Gasteiger partial charge is 0.255 e. The van der Waals surface area contributed by atoms with E-state index in [0.29, 0.717) is 23.7 Å². The molecule has 0 aromatic heterocycles. The fourth-order valence-corrected chi connectivity index (χ4v) is 2.98. The molecule has 1 aromatic rings. The number of hydrogen-bond acceptors (Lipinski definition) is 4. The number of likely N-dealkylation sites (tertiary alicyclic amines) is 1. The van der Waals surface area contributed by atoms with Gasteiger partial charge in [0.15, 0.2) is 0 Å². The van der Waals surface area contributed by atoms with Crippen LogP contribution in [0.25, 0.3) is 0 Å². The molecule has 1 aliphatic heterocycles. The average Bonchev–Trinajstić information content (AvgIpc) is 2.97. The summed E-state index contributed by atoms with van der Waals surface area (Å²) in [5.41, 5.74) is 1.04. The lowest BCUT2D eigenvalue weighted by Gasteiger charge is -2.22. The van der Waals surface area contributed by atoms with E-state index < -0.39 is 0 Å². The third-order valence-corrected chi connectivity index (χ3v) is 4.35. The van der Waals surface area contributed by atoms with Crippen molar-refractivity contribution in [3.05, 3.63) is 29.3 Å². The number of nitrogens with zero attached hydrogens (tertiary/aromatic N) is 1. The lowest BCUT2D eigenvalue weighted by atomic mass is 10.1. The molecule has 2 rings (SSSR count). The van der Waals surface area contributed by atoms with Gasteiger partial charge in [0, 0.05) is 12.6 Å². The van der Waals surface area contributed by atoms with Crippen molar-refractivity contribution >= 4 is 5.91 Å². The van der Waals surface area contributed by atoms with Crippen LogP contribution in [-0.4, -0.2) is 53.3 Å². The van der Waals surface area contributed by atoms with Gasteiger partial charge in [0.05, 0.1) is 12.2 Å². The van der Waals surface area contributed by atoms with Gasteiger partial charge in [-0.3, -0.25) is 9.69 Å². The molecule has 1 heterocycles. The number of hydrogen-bond donors (Lipinski definition) is 3. The Morgan fingerprint density at radius 3 is 3.00 bits per heavy atom. The third kappa shape index (κ3) is 4.21. The van der Waals surface area contributed by atoms with Crippen molar-refractivity contribution in [1.29, 1.82) is 0 Å². The molecule has 0 spiro atoms. The second-order valence-electron chi connectivity index (χ2n) is 5.95. The van der Waals surface area contributed by atoms with Crippen LogP contribution in [0.1, 0.15) is 41.6 Å². The fourth-order valence-electron chi connectivity index (χ4n) is 2.98. The molecule has 22 heavy (non-hydrogen) atoms.